The highest BCUT2D eigenvalue weighted by Gasteiger charge is 2.22. The highest BCUT2D eigenvalue weighted by Crippen LogP contribution is 2.19. The first-order chi connectivity index (χ1) is 13.1. The fraction of sp³-hybridized carbons (Fsp3) is 0.435. The smallest absolute Gasteiger partial charge is 0.226 e. The molecule has 0 radical (unpaired) electrons. The van der Waals surface area contributed by atoms with E-state index in [1.54, 1.807) is 0 Å². The van der Waals surface area contributed by atoms with Gasteiger partial charge in [-0.3, -0.25) is 4.79 Å². The average molecular weight is 431 g/mol. The molecule has 0 saturated heterocycles. The van der Waals surface area contributed by atoms with Crippen molar-refractivity contribution in [2.24, 2.45) is 5.92 Å². The number of rotatable bonds is 11. The van der Waals surface area contributed by atoms with Crippen molar-refractivity contribution in [3.8, 4) is 0 Å². The maximum Gasteiger partial charge on any atom is 0.226 e. The lowest BCUT2D eigenvalue weighted by atomic mass is 9.97. The summed E-state index contributed by atoms with van der Waals surface area (Å²) < 4.78 is 3.30. The molecule has 1 amide bonds. The van der Waals surface area contributed by atoms with Crippen molar-refractivity contribution in [1.29, 1.82) is 0 Å². The molecule has 4 heteroatoms. The zero-order chi connectivity index (χ0) is 19.6. The minimum atomic E-state index is 0.111. The Bertz CT molecular complexity index is 720. The number of hydrogen-bond acceptors (Lipinski definition) is 1. The van der Waals surface area contributed by atoms with Crippen molar-refractivity contribution in [2.45, 2.75) is 52.6 Å². The number of nitrogens with zero attached hydrogens (tertiary/aromatic N) is 2. The third kappa shape index (κ3) is 6.39. The molecule has 0 fully saturated rings. The molecule has 0 aliphatic heterocycles. The molecular weight excluding hydrogens is 400 g/mol. The lowest BCUT2D eigenvalue weighted by Crippen LogP contribution is -2.36. The molecule has 0 bridgehead atoms. The van der Waals surface area contributed by atoms with Gasteiger partial charge in [-0.25, -0.2) is 0 Å². The van der Waals surface area contributed by atoms with Crippen molar-refractivity contribution in [3.05, 3.63) is 71.0 Å². The van der Waals surface area contributed by atoms with E-state index in [0.717, 1.165) is 42.4 Å². The van der Waals surface area contributed by atoms with Crippen molar-refractivity contribution >= 4 is 21.8 Å². The summed E-state index contributed by atoms with van der Waals surface area (Å²) >= 11 is 3.48. The van der Waals surface area contributed by atoms with Gasteiger partial charge in [-0.15, -0.1) is 6.58 Å². The Morgan fingerprint density at radius 2 is 2.00 bits per heavy atom. The molecule has 0 saturated carbocycles. The molecule has 0 N–H and O–H groups in total. The second kappa shape index (κ2) is 11.1. The van der Waals surface area contributed by atoms with E-state index in [1.807, 2.05) is 11.0 Å². The van der Waals surface area contributed by atoms with E-state index < -0.39 is 0 Å². The Morgan fingerprint density at radius 3 is 2.63 bits per heavy atom. The van der Waals surface area contributed by atoms with Crippen LogP contribution < -0.4 is 0 Å². The molecule has 1 atom stereocenters. The highest BCUT2D eigenvalue weighted by molar-refractivity contribution is 9.10. The van der Waals surface area contributed by atoms with Gasteiger partial charge in [0.2, 0.25) is 5.91 Å². The van der Waals surface area contributed by atoms with Gasteiger partial charge in [-0.1, -0.05) is 60.8 Å². The number of carbonyl (C=O) groups excluding carboxylic acids is 1. The second-order valence-electron chi connectivity index (χ2n) is 7.01. The van der Waals surface area contributed by atoms with Gasteiger partial charge in [-0.2, -0.15) is 0 Å². The molecule has 146 valence electrons. The summed E-state index contributed by atoms with van der Waals surface area (Å²) in [5.41, 5.74) is 2.39. The van der Waals surface area contributed by atoms with E-state index in [-0.39, 0.29) is 11.8 Å². The lowest BCUT2D eigenvalue weighted by molar-refractivity contribution is -0.136. The van der Waals surface area contributed by atoms with Gasteiger partial charge in [0.05, 0.1) is 6.54 Å². The monoisotopic (exact) mass is 430 g/mol. The Labute approximate surface area is 172 Å². The van der Waals surface area contributed by atoms with Crippen molar-refractivity contribution in [3.63, 3.8) is 0 Å². The van der Waals surface area contributed by atoms with Crippen molar-refractivity contribution in [2.75, 3.05) is 6.54 Å². The van der Waals surface area contributed by atoms with Crippen molar-refractivity contribution in [1.82, 2.24) is 9.47 Å². The normalized spacial score (nSPS) is 12.0. The Balaban J connectivity index is 2.12. The molecule has 27 heavy (non-hydrogen) atoms. The standard InChI is InChI=1S/C23H31BrN2O/c1-4-7-9-20(6-3)23(27)26(15-5-2)18-22-10-8-16-25(22)17-19-11-13-21(24)14-12-19/h5,8,10-14,16,20H,2,4,6-7,9,15,17-18H2,1,3H3. The number of halogens is 1. The first kappa shape index (κ1) is 21.5. The van der Waals surface area contributed by atoms with Crippen LogP contribution in [0.15, 0.2) is 59.7 Å². The summed E-state index contributed by atoms with van der Waals surface area (Å²) in [5.74, 6) is 0.363. The maximum absolute atomic E-state index is 13.1. The Morgan fingerprint density at radius 1 is 1.26 bits per heavy atom. The topological polar surface area (TPSA) is 25.2 Å². The first-order valence-electron chi connectivity index (χ1n) is 9.87. The van der Waals surface area contributed by atoms with Crippen LogP contribution in [0, 0.1) is 5.92 Å². The van der Waals surface area contributed by atoms with Gasteiger partial charge in [0.1, 0.15) is 0 Å². The fourth-order valence-corrected chi connectivity index (χ4v) is 3.59. The molecule has 1 heterocycles. The van der Waals surface area contributed by atoms with E-state index in [9.17, 15) is 4.79 Å². The fourth-order valence-electron chi connectivity index (χ4n) is 3.33. The second-order valence-corrected chi connectivity index (χ2v) is 7.92. The largest absolute Gasteiger partial charge is 0.345 e. The molecule has 1 aromatic carbocycles. The van der Waals surface area contributed by atoms with Crippen LogP contribution >= 0.6 is 15.9 Å². The SMILES string of the molecule is C=CCN(Cc1cccn1Cc1ccc(Br)cc1)C(=O)C(CC)CCCC. The molecule has 2 rings (SSSR count). The van der Waals surface area contributed by atoms with Gasteiger partial charge < -0.3 is 9.47 Å². The van der Waals surface area contributed by atoms with E-state index in [0.29, 0.717) is 13.1 Å². The number of carbonyl (C=O) groups is 1. The molecule has 0 aliphatic rings. The maximum atomic E-state index is 13.1. The minimum absolute atomic E-state index is 0.111. The summed E-state index contributed by atoms with van der Waals surface area (Å²) in [6.07, 6.45) is 8.01. The van der Waals surface area contributed by atoms with Crippen LogP contribution in [0.5, 0.6) is 0 Å². The molecule has 2 aromatic rings. The first-order valence-corrected chi connectivity index (χ1v) is 10.7. The van der Waals surface area contributed by atoms with Gasteiger partial charge in [-0.05, 0) is 42.7 Å². The van der Waals surface area contributed by atoms with E-state index in [1.165, 1.54) is 5.56 Å². The third-order valence-corrected chi connectivity index (χ3v) is 5.48. The number of benzene rings is 1. The van der Waals surface area contributed by atoms with Gasteiger partial charge in [0.15, 0.2) is 0 Å². The molecule has 0 aliphatic carbocycles. The number of aromatic nitrogens is 1. The van der Waals surface area contributed by atoms with Crippen LogP contribution in [-0.4, -0.2) is 21.9 Å². The zero-order valence-corrected chi connectivity index (χ0v) is 18.1. The Kier molecular flexibility index (Phi) is 8.86. The van der Waals surface area contributed by atoms with Crippen molar-refractivity contribution < 1.29 is 4.79 Å². The molecular formula is C23H31BrN2O. The molecule has 1 aromatic heterocycles. The minimum Gasteiger partial charge on any atom is -0.345 e. The number of unbranched alkanes of at least 4 members (excludes halogenated alkanes) is 1. The molecule has 0 spiro atoms. The third-order valence-electron chi connectivity index (χ3n) is 4.95. The summed E-state index contributed by atoms with van der Waals surface area (Å²) in [4.78, 5) is 15.0. The summed E-state index contributed by atoms with van der Waals surface area (Å²) in [6.45, 7) is 10.2. The predicted octanol–water partition coefficient (Wildman–Crippen LogP) is 6.03. The van der Waals surface area contributed by atoms with Gasteiger partial charge in [0.25, 0.3) is 0 Å². The van der Waals surface area contributed by atoms with E-state index in [2.05, 4.69) is 83.5 Å². The van der Waals surface area contributed by atoms with Gasteiger partial charge >= 0.3 is 0 Å². The Hall–Kier alpha value is -1.81. The highest BCUT2D eigenvalue weighted by atomic mass is 79.9. The molecule has 3 nitrogen and oxygen atoms in total. The van der Waals surface area contributed by atoms with Crippen LogP contribution in [0.25, 0.3) is 0 Å². The lowest BCUT2D eigenvalue weighted by Gasteiger charge is -2.26. The molecule has 1 unspecified atom stereocenters. The predicted molar refractivity (Wildman–Crippen MR) is 117 cm³/mol. The van der Waals surface area contributed by atoms with E-state index in [4.69, 9.17) is 0 Å². The van der Waals surface area contributed by atoms with Crippen LogP contribution in [0.4, 0.5) is 0 Å². The summed E-state index contributed by atoms with van der Waals surface area (Å²) in [6, 6.07) is 12.5. The van der Waals surface area contributed by atoms with Crippen LogP contribution in [0.1, 0.15) is 50.8 Å². The van der Waals surface area contributed by atoms with Crippen LogP contribution in [-0.2, 0) is 17.9 Å². The quantitative estimate of drug-likeness (QED) is 0.399. The summed E-state index contributed by atoms with van der Waals surface area (Å²) in [7, 11) is 0. The average Bonchev–Trinajstić information content (AvgIpc) is 3.10. The van der Waals surface area contributed by atoms with E-state index >= 15 is 0 Å². The zero-order valence-electron chi connectivity index (χ0n) is 16.5. The van der Waals surface area contributed by atoms with Crippen LogP contribution in [0.2, 0.25) is 0 Å². The van der Waals surface area contributed by atoms with Gasteiger partial charge in [0, 0.05) is 35.4 Å². The summed E-state index contributed by atoms with van der Waals surface area (Å²) in [5, 5.41) is 0. The van der Waals surface area contributed by atoms with Crippen LogP contribution in [0.3, 0.4) is 0 Å². The number of hydrogen-bond donors (Lipinski definition) is 0. The number of amides is 1.